The van der Waals surface area contributed by atoms with Gasteiger partial charge in [-0.25, -0.2) is 9.79 Å². The molecule has 2 aromatic rings. The molecular formula is C31H42Cl2N4O4. The highest BCUT2D eigenvalue weighted by molar-refractivity contribution is 6.43. The normalized spacial score (nSPS) is 15.2. The van der Waals surface area contributed by atoms with Crippen molar-refractivity contribution in [2.75, 3.05) is 64.1 Å². The first-order valence-electron chi connectivity index (χ1n) is 14.8. The molecule has 0 aromatic heterocycles. The van der Waals surface area contributed by atoms with Gasteiger partial charge < -0.3 is 24.0 Å². The second kappa shape index (κ2) is 16.1. The standard InChI is InChI=1S/C31H42Cl2N4O4/c1-3-14-37(15-4-2)31(38)41-23-40-29-13-11-24-10-12-25(22-27(24)34-29)39-21-6-5-16-35-17-19-36(20-18-35)28-9-7-8-26(32)30(28)33/h7-10,12,22H,3-6,11,13-21,23H2,1-2H3. The first kappa shape index (κ1) is 31.3. The zero-order valence-corrected chi connectivity index (χ0v) is 25.8. The number of piperazine rings is 1. The molecule has 41 heavy (non-hydrogen) atoms. The van der Waals surface area contributed by atoms with E-state index < -0.39 is 0 Å². The number of carbonyl (C=O) groups excluding carboxylic acids is 1. The van der Waals surface area contributed by atoms with Crippen molar-refractivity contribution < 1.29 is 19.0 Å². The topological polar surface area (TPSA) is 66.8 Å². The van der Waals surface area contributed by atoms with E-state index in [4.69, 9.17) is 37.4 Å². The molecule has 224 valence electrons. The highest BCUT2D eigenvalue weighted by Gasteiger charge is 2.20. The molecule has 0 radical (unpaired) electrons. The number of benzene rings is 2. The molecule has 10 heteroatoms. The third-order valence-electron chi connectivity index (χ3n) is 7.34. The van der Waals surface area contributed by atoms with Crippen molar-refractivity contribution in [2.45, 2.75) is 52.4 Å². The van der Waals surface area contributed by atoms with E-state index in [2.05, 4.69) is 20.9 Å². The Bertz CT molecular complexity index is 1160. The van der Waals surface area contributed by atoms with E-state index in [1.54, 1.807) is 4.90 Å². The van der Waals surface area contributed by atoms with Crippen LogP contribution in [0.1, 0.15) is 51.5 Å². The number of rotatable bonds is 13. The summed E-state index contributed by atoms with van der Waals surface area (Å²) < 4.78 is 17.1. The van der Waals surface area contributed by atoms with Gasteiger partial charge in [0.05, 0.1) is 28.0 Å². The van der Waals surface area contributed by atoms with Crippen molar-refractivity contribution in [1.29, 1.82) is 0 Å². The highest BCUT2D eigenvalue weighted by Crippen LogP contribution is 2.33. The molecule has 8 nitrogen and oxygen atoms in total. The Morgan fingerprint density at radius 1 is 0.976 bits per heavy atom. The van der Waals surface area contributed by atoms with E-state index in [9.17, 15) is 4.79 Å². The van der Waals surface area contributed by atoms with E-state index in [1.165, 1.54) is 0 Å². The lowest BCUT2D eigenvalue weighted by atomic mass is 10.0. The molecular weight excluding hydrogens is 563 g/mol. The van der Waals surface area contributed by atoms with Gasteiger partial charge in [0.1, 0.15) is 5.75 Å². The van der Waals surface area contributed by atoms with Crippen molar-refractivity contribution in [3.05, 3.63) is 52.0 Å². The minimum Gasteiger partial charge on any atom is -0.494 e. The van der Waals surface area contributed by atoms with Gasteiger partial charge in [0.2, 0.25) is 6.79 Å². The summed E-state index contributed by atoms with van der Waals surface area (Å²) in [5, 5.41) is 1.24. The maximum absolute atomic E-state index is 12.3. The molecule has 0 unspecified atom stereocenters. The minimum atomic E-state index is -0.342. The number of aryl methyl sites for hydroxylation is 1. The van der Waals surface area contributed by atoms with Crippen LogP contribution >= 0.6 is 23.2 Å². The van der Waals surface area contributed by atoms with Crippen molar-refractivity contribution in [2.24, 2.45) is 4.99 Å². The van der Waals surface area contributed by atoms with E-state index in [0.717, 1.165) is 87.5 Å². The molecule has 1 saturated heterocycles. The molecule has 0 spiro atoms. The highest BCUT2D eigenvalue weighted by atomic mass is 35.5. The Labute approximate surface area is 254 Å². The van der Waals surface area contributed by atoms with Gasteiger partial charge in [0.25, 0.3) is 0 Å². The largest absolute Gasteiger partial charge is 0.494 e. The van der Waals surface area contributed by atoms with Crippen LogP contribution in [0, 0.1) is 0 Å². The summed E-state index contributed by atoms with van der Waals surface area (Å²) in [6, 6.07) is 11.9. The van der Waals surface area contributed by atoms with Crippen LogP contribution in [0.5, 0.6) is 5.75 Å². The molecule has 1 fully saturated rings. The second-order valence-electron chi connectivity index (χ2n) is 10.4. The van der Waals surface area contributed by atoms with E-state index in [-0.39, 0.29) is 12.9 Å². The molecule has 2 aliphatic rings. The number of ether oxygens (including phenoxy) is 3. The van der Waals surface area contributed by atoms with Gasteiger partial charge in [0, 0.05) is 51.8 Å². The Kier molecular flexibility index (Phi) is 12.3. The maximum Gasteiger partial charge on any atom is 0.412 e. The fourth-order valence-electron chi connectivity index (χ4n) is 5.14. The smallest absolute Gasteiger partial charge is 0.412 e. The van der Waals surface area contributed by atoms with Crippen LogP contribution in [0.25, 0.3) is 0 Å². The zero-order valence-electron chi connectivity index (χ0n) is 24.2. The molecule has 2 aromatic carbocycles. The summed E-state index contributed by atoms with van der Waals surface area (Å²) in [5.41, 5.74) is 3.04. The Balaban J connectivity index is 1.15. The van der Waals surface area contributed by atoms with Gasteiger partial charge >= 0.3 is 6.09 Å². The lowest BCUT2D eigenvalue weighted by Gasteiger charge is -2.36. The van der Waals surface area contributed by atoms with Crippen LogP contribution in [0.2, 0.25) is 10.0 Å². The Morgan fingerprint density at radius 2 is 1.76 bits per heavy atom. The first-order chi connectivity index (χ1) is 20.0. The molecule has 0 atom stereocenters. The average molecular weight is 606 g/mol. The number of aliphatic imine (C=N–C) groups is 1. The first-order valence-corrected chi connectivity index (χ1v) is 15.5. The second-order valence-corrected chi connectivity index (χ2v) is 11.2. The maximum atomic E-state index is 12.3. The van der Waals surface area contributed by atoms with Gasteiger partial charge in [-0.2, -0.15) is 0 Å². The van der Waals surface area contributed by atoms with Gasteiger partial charge in [-0.1, -0.05) is 49.2 Å². The summed E-state index contributed by atoms with van der Waals surface area (Å²) in [4.78, 5) is 23.4. The number of amides is 1. The van der Waals surface area contributed by atoms with Gasteiger partial charge in [-0.15, -0.1) is 0 Å². The Hall–Kier alpha value is -2.68. The molecule has 0 N–H and O–H groups in total. The monoisotopic (exact) mass is 604 g/mol. The van der Waals surface area contributed by atoms with Crippen LogP contribution in [0.4, 0.5) is 16.2 Å². The molecule has 0 saturated carbocycles. The number of unbranched alkanes of at least 4 members (excludes halogenated alkanes) is 1. The van der Waals surface area contributed by atoms with Crippen LogP contribution in [-0.4, -0.2) is 81.0 Å². The quantitative estimate of drug-likeness (QED) is 0.178. The predicted molar refractivity (Wildman–Crippen MR) is 166 cm³/mol. The van der Waals surface area contributed by atoms with Crippen LogP contribution < -0.4 is 9.64 Å². The molecule has 2 heterocycles. The van der Waals surface area contributed by atoms with Crippen molar-refractivity contribution >= 4 is 46.6 Å². The van der Waals surface area contributed by atoms with Crippen LogP contribution in [0.3, 0.4) is 0 Å². The summed E-state index contributed by atoms with van der Waals surface area (Å²) in [6.07, 6.45) is 5.01. The fourth-order valence-corrected chi connectivity index (χ4v) is 5.55. The van der Waals surface area contributed by atoms with Gasteiger partial charge in [-0.05, 0) is 62.4 Å². The van der Waals surface area contributed by atoms with Crippen molar-refractivity contribution in [1.82, 2.24) is 9.80 Å². The van der Waals surface area contributed by atoms with Gasteiger partial charge in [0.15, 0.2) is 5.90 Å². The molecule has 0 aliphatic carbocycles. The lowest BCUT2D eigenvalue weighted by molar-refractivity contribution is 0.0275. The van der Waals surface area contributed by atoms with Crippen molar-refractivity contribution in [3.8, 4) is 5.75 Å². The minimum absolute atomic E-state index is 0.128. The molecule has 0 bridgehead atoms. The SMILES string of the molecule is CCCN(CCC)C(=O)OCOC1=Nc2cc(OCCCCN3CCN(c4cccc(Cl)c4Cl)CC3)ccc2CC1. The third kappa shape index (κ3) is 9.15. The lowest BCUT2D eigenvalue weighted by Crippen LogP contribution is -2.46. The zero-order chi connectivity index (χ0) is 29.0. The van der Waals surface area contributed by atoms with E-state index >= 15 is 0 Å². The third-order valence-corrected chi connectivity index (χ3v) is 8.15. The number of fused-ring (bicyclic) bond motifs is 1. The summed E-state index contributed by atoms with van der Waals surface area (Å²) in [7, 11) is 0. The van der Waals surface area contributed by atoms with Crippen molar-refractivity contribution in [3.63, 3.8) is 0 Å². The number of hydrogen-bond donors (Lipinski definition) is 0. The average Bonchev–Trinajstić information content (AvgIpc) is 2.98. The summed E-state index contributed by atoms with van der Waals surface area (Å²) in [5.74, 6) is 1.39. The van der Waals surface area contributed by atoms with Crippen LogP contribution in [0.15, 0.2) is 41.4 Å². The predicted octanol–water partition coefficient (Wildman–Crippen LogP) is 7.18. The fraction of sp³-hybridized carbons (Fsp3) is 0.548. The van der Waals surface area contributed by atoms with Crippen LogP contribution in [-0.2, 0) is 15.9 Å². The van der Waals surface area contributed by atoms with E-state index in [0.29, 0.717) is 42.1 Å². The number of nitrogens with zero attached hydrogens (tertiary/aromatic N) is 4. The number of hydrogen-bond acceptors (Lipinski definition) is 7. The molecule has 1 amide bonds. The Morgan fingerprint density at radius 3 is 2.51 bits per heavy atom. The molecule has 4 rings (SSSR count). The summed E-state index contributed by atoms with van der Waals surface area (Å²) >= 11 is 12.6. The number of anilines is 1. The van der Waals surface area contributed by atoms with Gasteiger partial charge in [-0.3, -0.25) is 4.90 Å². The van der Waals surface area contributed by atoms with E-state index in [1.807, 2.05) is 44.2 Å². The number of halogens is 2. The summed E-state index contributed by atoms with van der Waals surface area (Å²) in [6.45, 7) is 10.9. The number of carbonyl (C=O) groups is 1. The molecule has 2 aliphatic heterocycles.